The molecule has 1 aromatic carbocycles. The second kappa shape index (κ2) is 5.93. The Hall–Kier alpha value is -1.75. The quantitative estimate of drug-likeness (QED) is 0.734. The number of phenolic OH excluding ortho intramolecular Hbond substituents is 1. The lowest BCUT2D eigenvalue weighted by atomic mass is 10.1. The van der Waals surface area contributed by atoms with E-state index in [4.69, 9.17) is 10.5 Å². The molecule has 0 fully saturated rings. The summed E-state index contributed by atoms with van der Waals surface area (Å²) >= 11 is 0. The molecule has 0 saturated carbocycles. The van der Waals surface area contributed by atoms with Crippen molar-refractivity contribution in [1.82, 2.24) is 0 Å². The first-order valence-electron chi connectivity index (χ1n) is 6.25. The van der Waals surface area contributed by atoms with Crippen molar-refractivity contribution in [3.63, 3.8) is 0 Å². The monoisotopic (exact) mass is 266 g/mol. The first-order valence-corrected chi connectivity index (χ1v) is 6.25. The summed E-state index contributed by atoms with van der Waals surface area (Å²) < 4.78 is 5.13. The number of anilines is 1. The minimum atomic E-state index is -0.597. The molecule has 0 radical (unpaired) electrons. The number of nitrogens with two attached hydrogens (primary N) is 1. The number of nitrogens with one attached hydrogen (secondary N) is 1. The smallest absolute Gasteiger partial charge is 0.412 e. The van der Waals surface area contributed by atoms with Crippen LogP contribution < -0.4 is 11.1 Å². The number of ether oxygens (including phenoxy) is 1. The maximum Gasteiger partial charge on any atom is 0.412 e. The lowest BCUT2D eigenvalue weighted by Crippen LogP contribution is -2.27. The van der Waals surface area contributed by atoms with E-state index in [1.165, 1.54) is 6.07 Å². The predicted molar refractivity (Wildman–Crippen MR) is 75.3 cm³/mol. The highest BCUT2D eigenvalue weighted by atomic mass is 16.6. The molecule has 0 bridgehead atoms. The molecule has 0 saturated heterocycles. The second-order valence-electron chi connectivity index (χ2n) is 5.66. The Morgan fingerprint density at radius 3 is 2.63 bits per heavy atom. The molecule has 0 aliphatic carbocycles. The number of hydrogen-bond donors (Lipinski definition) is 3. The first-order chi connectivity index (χ1) is 8.67. The molecule has 1 atom stereocenters. The van der Waals surface area contributed by atoms with E-state index in [1.807, 2.05) is 6.92 Å². The third-order valence-corrected chi connectivity index (χ3v) is 2.25. The third-order valence-electron chi connectivity index (χ3n) is 2.25. The van der Waals surface area contributed by atoms with Crippen molar-refractivity contribution >= 4 is 11.8 Å². The van der Waals surface area contributed by atoms with Gasteiger partial charge in [0, 0.05) is 6.04 Å². The van der Waals surface area contributed by atoms with Gasteiger partial charge in [0.05, 0.1) is 5.69 Å². The maximum atomic E-state index is 11.6. The van der Waals surface area contributed by atoms with Gasteiger partial charge in [-0.05, 0) is 51.8 Å². The van der Waals surface area contributed by atoms with Gasteiger partial charge in [-0.1, -0.05) is 6.07 Å². The van der Waals surface area contributed by atoms with Crippen LogP contribution in [-0.4, -0.2) is 22.8 Å². The molecule has 1 amide bonds. The van der Waals surface area contributed by atoms with E-state index < -0.39 is 11.7 Å². The van der Waals surface area contributed by atoms with Crippen molar-refractivity contribution in [3.8, 4) is 5.75 Å². The van der Waals surface area contributed by atoms with Gasteiger partial charge >= 0.3 is 6.09 Å². The van der Waals surface area contributed by atoms with E-state index >= 15 is 0 Å². The summed E-state index contributed by atoms with van der Waals surface area (Å²) in [5.74, 6) is -0.000663. The van der Waals surface area contributed by atoms with E-state index in [0.717, 1.165) is 5.56 Å². The molecule has 0 aliphatic rings. The Kier molecular flexibility index (Phi) is 4.78. The SMILES string of the molecule is C[C@@H](N)Cc1ccc(O)c(NC(=O)OC(C)(C)C)c1. The number of carbonyl (C=O) groups excluding carboxylic acids is 1. The van der Waals surface area contributed by atoms with Gasteiger partial charge in [-0.2, -0.15) is 0 Å². The highest BCUT2D eigenvalue weighted by Gasteiger charge is 2.17. The van der Waals surface area contributed by atoms with Gasteiger partial charge in [-0.25, -0.2) is 4.79 Å². The second-order valence-corrected chi connectivity index (χ2v) is 5.66. The number of amides is 1. The largest absolute Gasteiger partial charge is 0.506 e. The Labute approximate surface area is 113 Å². The molecular weight excluding hydrogens is 244 g/mol. The Morgan fingerprint density at radius 2 is 2.11 bits per heavy atom. The van der Waals surface area contributed by atoms with E-state index in [9.17, 15) is 9.90 Å². The van der Waals surface area contributed by atoms with Crippen LogP contribution >= 0.6 is 0 Å². The number of aromatic hydroxyl groups is 1. The average Bonchev–Trinajstić information content (AvgIpc) is 2.19. The molecule has 1 aromatic rings. The molecule has 19 heavy (non-hydrogen) atoms. The first kappa shape index (κ1) is 15.3. The van der Waals surface area contributed by atoms with Crippen molar-refractivity contribution in [2.75, 3.05) is 5.32 Å². The Balaban J connectivity index is 2.79. The lowest BCUT2D eigenvalue weighted by molar-refractivity contribution is 0.0635. The summed E-state index contributed by atoms with van der Waals surface area (Å²) in [7, 11) is 0. The molecule has 5 heteroatoms. The molecule has 5 nitrogen and oxygen atoms in total. The zero-order valence-corrected chi connectivity index (χ0v) is 11.9. The van der Waals surface area contributed by atoms with Gasteiger partial charge in [-0.3, -0.25) is 5.32 Å². The Morgan fingerprint density at radius 1 is 1.47 bits per heavy atom. The zero-order valence-electron chi connectivity index (χ0n) is 11.9. The topological polar surface area (TPSA) is 84.6 Å². The summed E-state index contributed by atoms with van der Waals surface area (Å²) in [6.07, 6.45) is 0.0734. The van der Waals surface area contributed by atoms with Crippen LogP contribution in [0.5, 0.6) is 5.75 Å². The predicted octanol–water partition coefficient (Wildman–Crippen LogP) is 2.63. The lowest BCUT2D eigenvalue weighted by Gasteiger charge is -2.20. The summed E-state index contributed by atoms with van der Waals surface area (Å²) in [4.78, 5) is 11.6. The summed E-state index contributed by atoms with van der Waals surface area (Å²) in [6.45, 7) is 7.23. The fourth-order valence-electron chi connectivity index (χ4n) is 1.60. The molecular formula is C14H22N2O3. The van der Waals surface area contributed by atoms with Crippen molar-refractivity contribution in [1.29, 1.82) is 0 Å². The van der Waals surface area contributed by atoms with Crippen LogP contribution in [0.4, 0.5) is 10.5 Å². The number of hydrogen-bond acceptors (Lipinski definition) is 4. The van der Waals surface area contributed by atoms with E-state index in [-0.39, 0.29) is 11.8 Å². The van der Waals surface area contributed by atoms with Gasteiger partial charge in [0.25, 0.3) is 0 Å². The summed E-state index contributed by atoms with van der Waals surface area (Å²) in [5, 5.41) is 12.2. The Bertz CT molecular complexity index is 450. The van der Waals surface area contributed by atoms with Gasteiger partial charge < -0.3 is 15.6 Å². The number of benzene rings is 1. The van der Waals surface area contributed by atoms with Crippen molar-refractivity contribution < 1.29 is 14.6 Å². The van der Waals surface area contributed by atoms with Gasteiger partial charge in [0.2, 0.25) is 0 Å². The fourth-order valence-corrected chi connectivity index (χ4v) is 1.60. The molecule has 0 heterocycles. The molecule has 1 rings (SSSR count). The van der Waals surface area contributed by atoms with Crippen LogP contribution in [0.25, 0.3) is 0 Å². The minimum absolute atomic E-state index is 0.000663. The molecule has 0 aliphatic heterocycles. The van der Waals surface area contributed by atoms with Crippen molar-refractivity contribution in [3.05, 3.63) is 23.8 Å². The molecule has 0 unspecified atom stereocenters. The standard InChI is InChI=1S/C14H22N2O3/c1-9(15)7-10-5-6-12(17)11(8-10)16-13(18)19-14(2,3)4/h5-6,8-9,17H,7,15H2,1-4H3,(H,16,18)/t9-/m1/s1. The number of phenols is 1. The highest BCUT2D eigenvalue weighted by molar-refractivity contribution is 5.87. The average molecular weight is 266 g/mol. The van der Waals surface area contributed by atoms with Gasteiger partial charge in [0.15, 0.2) is 0 Å². The fraction of sp³-hybridized carbons (Fsp3) is 0.500. The van der Waals surface area contributed by atoms with Crippen LogP contribution in [-0.2, 0) is 11.2 Å². The number of rotatable bonds is 3. The van der Waals surface area contributed by atoms with Crippen LogP contribution in [0.1, 0.15) is 33.3 Å². The molecule has 4 N–H and O–H groups in total. The summed E-state index contributed by atoms with van der Waals surface area (Å²) in [6, 6.07) is 5.02. The van der Waals surface area contributed by atoms with Crippen LogP contribution in [0.3, 0.4) is 0 Å². The van der Waals surface area contributed by atoms with Crippen LogP contribution in [0.15, 0.2) is 18.2 Å². The molecule has 0 spiro atoms. The van der Waals surface area contributed by atoms with Crippen molar-refractivity contribution in [2.24, 2.45) is 5.73 Å². The highest BCUT2D eigenvalue weighted by Crippen LogP contribution is 2.25. The number of carbonyl (C=O) groups is 1. The van der Waals surface area contributed by atoms with E-state index in [0.29, 0.717) is 12.1 Å². The van der Waals surface area contributed by atoms with Gasteiger partial charge in [0.1, 0.15) is 11.4 Å². The molecule has 106 valence electrons. The summed E-state index contributed by atoms with van der Waals surface area (Å²) in [5.41, 5.74) is 6.41. The van der Waals surface area contributed by atoms with Gasteiger partial charge in [-0.15, -0.1) is 0 Å². The molecule has 0 aromatic heterocycles. The van der Waals surface area contributed by atoms with E-state index in [2.05, 4.69) is 5.32 Å². The zero-order chi connectivity index (χ0) is 14.6. The maximum absolute atomic E-state index is 11.6. The third kappa shape index (κ3) is 5.61. The minimum Gasteiger partial charge on any atom is -0.506 e. The van der Waals surface area contributed by atoms with E-state index in [1.54, 1.807) is 32.9 Å². The van der Waals surface area contributed by atoms with Crippen LogP contribution in [0, 0.1) is 0 Å². The van der Waals surface area contributed by atoms with Crippen LogP contribution in [0.2, 0.25) is 0 Å². The normalized spacial score (nSPS) is 12.9. The van der Waals surface area contributed by atoms with Crippen molar-refractivity contribution in [2.45, 2.75) is 45.8 Å².